The second kappa shape index (κ2) is 6.08. The van der Waals surface area contributed by atoms with Crippen LogP contribution in [-0.2, 0) is 9.53 Å². The number of carbonyl (C=O) groups is 1. The van der Waals surface area contributed by atoms with Gasteiger partial charge in [-0.05, 0) is 53.6 Å². The summed E-state index contributed by atoms with van der Waals surface area (Å²) < 4.78 is 4.55. The molecule has 1 fully saturated rings. The molecular formula is C11H23NO3. The Morgan fingerprint density at radius 2 is 1.80 bits per heavy atom. The normalized spacial score (nSPS) is 19.8. The van der Waals surface area contributed by atoms with E-state index in [-0.39, 0.29) is 11.2 Å². The van der Waals surface area contributed by atoms with Gasteiger partial charge in [0.1, 0.15) is 5.60 Å². The van der Waals surface area contributed by atoms with Crippen molar-refractivity contribution in [3.8, 4) is 0 Å². The first-order chi connectivity index (χ1) is 6.77. The van der Waals surface area contributed by atoms with Crippen LogP contribution in [0.5, 0.6) is 0 Å². The van der Waals surface area contributed by atoms with Gasteiger partial charge in [0, 0.05) is 0 Å². The quantitative estimate of drug-likeness (QED) is 0.645. The monoisotopic (exact) mass is 217 g/mol. The third-order valence-electron chi connectivity index (χ3n) is 2.08. The van der Waals surface area contributed by atoms with Crippen LogP contribution < -0.4 is 5.32 Å². The predicted molar refractivity (Wildman–Crippen MR) is 59.6 cm³/mol. The summed E-state index contributed by atoms with van der Waals surface area (Å²) in [6.07, 6.45) is 1.79. The molecule has 1 aliphatic heterocycles. The Morgan fingerprint density at radius 3 is 1.93 bits per heavy atom. The van der Waals surface area contributed by atoms with Crippen molar-refractivity contribution in [3.63, 3.8) is 0 Å². The molecule has 90 valence electrons. The third kappa shape index (κ3) is 9.69. The number of rotatable bonds is 1. The lowest BCUT2D eigenvalue weighted by Gasteiger charge is -2.27. The molecule has 0 unspecified atom stereocenters. The van der Waals surface area contributed by atoms with E-state index in [2.05, 4.69) is 10.1 Å². The summed E-state index contributed by atoms with van der Waals surface area (Å²) in [7, 11) is 0. The Morgan fingerprint density at radius 1 is 1.33 bits per heavy atom. The minimum absolute atomic E-state index is 0.318. The highest BCUT2D eigenvalue weighted by Gasteiger charge is 2.21. The van der Waals surface area contributed by atoms with Gasteiger partial charge >= 0.3 is 0 Å². The number of ether oxygens (including phenoxy) is 1. The Kier molecular flexibility index (Phi) is 5.83. The SMILES string of the molecule is CC(C)(C)OC=O.CC1(O)CCNCC1. The van der Waals surface area contributed by atoms with Crippen LogP contribution in [-0.4, -0.2) is 35.9 Å². The van der Waals surface area contributed by atoms with Gasteiger partial charge in [-0.1, -0.05) is 0 Å². The summed E-state index contributed by atoms with van der Waals surface area (Å²) >= 11 is 0. The van der Waals surface area contributed by atoms with Crippen molar-refractivity contribution in [2.75, 3.05) is 13.1 Å². The summed E-state index contributed by atoms with van der Waals surface area (Å²) in [6, 6.07) is 0. The van der Waals surface area contributed by atoms with Gasteiger partial charge < -0.3 is 15.2 Å². The van der Waals surface area contributed by atoms with Crippen LogP contribution in [0.4, 0.5) is 0 Å². The molecule has 0 aromatic carbocycles. The van der Waals surface area contributed by atoms with Crippen molar-refractivity contribution < 1.29 is 14.6 Å². The molecule has 0 spiro atoms. The Bertz CT molecular complexity index is 177. The minimum Gasteiger partial charge on any atom is -0.462 e. The zero-order valence-corrected chi connectivity index (χ0v) is 10.2. The van der Waals surface area contributed by atoms with Crippen LogP contribution >= 0.6 is 0 Å². The maximum atomic E-state index is 9.60. The topological polar surface area (TPSA) is 58.6 Å². The molecule has 1 rings (SSSR count). The van der Waals surface area contributed by atoms with E-state index in [1.165, 1.54) is 0 Å². The molecule has 4 heteroatoms. The van der Waals surface area contributed by atoms with E-state index in [0.29, 0.717) is 6.47 Å². The van der Waals surface area contributed by atoms with Gasteiger partial charge in [-0.15, -0.1) is 0 Å². The molecule has 1 saturated heterocycles. The van der Waals surface area contributed by atoms with Crippen LogP contribution in [0.1, 0.15) is 40.5 Å². The minimum atomic E-state index is -0.384. The van der Waals surface area contributed by atoms with Crippen LogP contribution in [0.25, 0.3) is 0 Å². The molecule has 0 aromatic heterocycles. The Labute approximate surface area is 92.0 Å². The lowest BCUT2D eigenvalue weighted by Crippen LogP contribution is -2.39. The van der Waals surface area contributed by atoms with Crippen molar-refractivity contribution in [2.45, 2.75) is 51.7 Å². The van der Waals surface area contributed by atoms with Crippen LogP contribution in [0, 0.1) is 0 Å². The molecule has 0 amide bonds. The van der Waals surface area contributed by atoms with Crippen molar-refractivity contribution in [2.24, 2.45) is 0 Å². The molecule has 15 heavy (non-hydrogen) atoms. The number of carbonyl (C=O) groups excluding carboxylic acids is 1. The van der Waals surface area contributed by atoms with Crippen molar-refractivity contribution in [1.82, 2.24) is 5.32 Å². The first-order valence-corrected chi connectivity index (χ1v) is 5.31. The standard InChI is InChI=1S/C6H13NO.C5H10O2/c1-6(8)2-4-7-5-3-6;1-5(2,3)7-4-6/h7-8H,2-5H2,1H3;4H,1-3H3. The first kappa shape index (κ1) is 14.4. The molecule has 1 heterocycles. The van der Waals surface area contributed by atoms with Gasteiger partial charge in [-0.25, -0.2) is 0 Å². The number of hydrogen-bond acceptors (Lipinski definition) is 4. The third-order valence-corrected chi connectivity index (χ3v) is 2.08. The molecule has 0 radical (unpaired) electrons. The van der Waals surface area contributed by atoms with Crippen molar-refractivity contribution >= 4 is 6.47 Å². The van der Waals surface area contributed by atoms with E-state index in [0.717, 1.165) is 25.9 Å². The maximum absolute atomic E-state index is 9.60. The van der Waals surface area contributed by atoms with E-state index in [1.54, 1.807) is 0 Å². The van der Waals surface area contributed by atoms with Crippen LogP contribution in [0.2, 0.25) is 0 Å². The summed E-state index contributed by atoms with van der Waals surface area (Å²) in [5, 5.41) is 12.5. The van der Waals surface area contributed by atoms with E-state index < -0.39 is 0 Å². The summed E-state index contributed by atoms with van der Waals surface area (Å²) in [5.41, 5.74) is -0.701. The molecule has 0 bridgehead atoms. The van der Waals surface area contributed by atoms with Crippen molar-refractivity contribution in [3.05, 3.63) is 0 Å². The zero-order valence-electron chi connectivity index (χ0n) is 10.2. The fraction of sp³-hybridized carbons (Fsp3) is 0.909. The zero-order chi connectivity index (χ0) is 11.9. The van der Waals surface area contributed by atoms with Gasteiger partial charge in [-0.2, -0.15) is 0 Å². The highest BCUT2D eigenvalue weighted by atomic mass is 16.5. The van der Waals surface area contributed by atoms with Gasteiger partial charge in [0.25, 0.3) is 6.47 Å². The summed E-state index contributed by atoms with van der Waals surface area (Å²) in [4.78, 5) is 9.60. The lowest BCUT2D eigenvalue weighted by molar-refractivity contribution is -0.138. The highest BCUT2D eigenvalue weighted by molar-refractivity contribution is 5.37. The fourth-order valence-corrected chi connectivity index (χ4v) is 1.11. The summed E-state index contributed by atoms with van der Waals surface area (Å²) in [6.45, 7) is 9.75. The van der Waals surface area contributed by atoms with Gasteiger partial charge in [0.2, 0.25) is 0 Å². The second-order valence-corrected chi connectivity index (χ2v) is 5.07. The van der Waals surface area contributed by atoms with E-state index in [9.17, 15) is 9.90 Å². The molecule has 0 atom stereocenters. The van der Waals surface area contributed by atoms with Crippen LogP contribution in [0.15, 0.2) is 0 Å². The van der Waals surface area contributed by atoms with E-state index in [4.69, 9.17) is 0 Å². The summed E-state index contributed by atoms with van der Waals surface area (Å²) in [5.74, 6) is 0. The highest BCUT2D eigenvalue weighted by Crippen LogP contribution is 2.15. The van der Waals surface area contributed by atoms with Gasteiger partial charge in [0.05, 0.1) is 5.60 Å². The average molecular weight is 217 g/mol. The number of nitrogens with one attached hydrogen (secondary N) is 1. The molecule has 2 N–H and O–H groups in total. The molecular weight excluding hydrogens is 194 g/mol. The molecule has 1 aliphatic rings. The molecule has 0 aromatic rings. The lowest BCUT2D eigenvalue weighted by atomic mass is 9.95. The van der Waals surface area contributed by atoms with E-state index >= 15 is 0 Å². The molecule has 4 nitrogen and oxygen atoms in total. The largest absolute Gasteiger partial charge is 0.462 e. The second-order valence-electron chi connectivity index (χ2n) is 5.07. The average Bonchev–Trinajstić information content (AvgIpc) is 2.02. The number of aliphatic hydroxyl groups is 1. The molecule has 0 aliphatic carbocycles. The Balaban J connectivity index is 0.000000265. The smallest absolute Gasteiger partial charge is 0.293 e. The van der Waals surface area contributed by atoms with Gasteiger partial charge in [-0.3, -0.25) is 4.79 Å². The van der Waals surface area contributed by atoms with Gasteiger partial charge in [0.15, 0.2) is 0 Å². The van der Waals surface area contributed by atoms with Crippen LogP contribution in [0.3, 0.4) is 0 Å². The van der Waals surface area contributed by atoms with E-state index in [1.807, 2.05) is 27.7 Å². The van der Waals surface area contributed by atoms with Crippen molar-refractivity contribution in [1.29, 1.82) is 0 Å². The first-order valence-electron chi connectivity index (χ1n) is 5.31. The number of hydrogen-bond donors (Lipinski definition) is 2. The maximum Gasteiger partial charge on any atom is 0.293 e. The fourth-order valence-electron chi connectivity index (χ4n) is 1.11. The predicted octanol–water partition coefficient (Wildman–Crippen LogP) is 1.08. The number of piperidine rings is 1. The molecule has 0 saturated carbocycles. The Hall–Kier alpha value is -0.610.